The summed E-state index contributed by atoms with van der Waals surface area (Å²) in [5, 5.41) is 19.3. The van der Waals surface area contributed by atoms with Crippen LogP contribution >= 0.6 is 15.9 Å². The Balaban J connectivity index is 2.77. The number of nitro groups is 1. The minimum atomic E-state index is -0.378. The van der Waals surface area contributed by atoms with Gasteiger partial charge in [0.15, 0.2) is 0 Å². The van der Waals surface area contributed by atoms with Crippen LogP contribution in [0.25, 0.3) is 0 Å². The summed E-state index contributed by atoms with van der Waals surface area (Å²) >= 11 is 3.16. The third-order valence-electron chi connectivity index (χ3n) is 1.62. The van der Waals surface area contributed by atoms with Gasteiger partial charge in [0.1, 0.15) is 5.75 Å². The molecule has 0 aromatic heterocycles. The molecule has 0 aliphatic rings. The van der Waals surface area contributed by atoms with Gasteiger partial charge in [-0.15, -0.1) is 0 Å². The standard InChI is InChI=1S/C8H8BrNO3/c9-8-6(4-5-10(12)13)2-1-3-7(8)11/h1-3,11H,4-5H2. The van der Waals surface area contributed by atoms with Crippen LogP contribution in [0.3, 0.4) is 0 Å². The lowest BCUT2D eigenvalue weighted by molar-refractivity contribution is -0.479. The van der Waals surface area contributed by atoms with Gasteiger partial charge in [-0.25, -0.2) is 0 Å². The summed E-state index contributed by atoms with van der Waals surface area (Å²) < 4.78 is 0.539. The Labute approximate surface area is 83.5 Å². The molecule has 1 aromatic rings. The number of phenolic OH excluding ortho intramolecular Hbond substituents is 1. The van der Waals surface area contributed by atoms with Crippen LogP contribution in [0.4, 0.5) is 0 Å². The van der Waals surface area contributed by atoms with Crippen molar-refractivity contribution in [1.29, 1.82) is 0 Å². The molecular formula is C8H8BrNO3. The molecule has 0 aliphatic heterocycles. The van der Waals surface area contributed by atoms with Gasteiger partial charge in [-0.3, -0.25) is 10.1 Å². The number of hydrogen-bond acceptors (Lipinski definition) is 3. The molecule has 0 saturated carbocycles. The van der Waals surface area contributed by atoms with Crippen molar-refractivity contribution in [2.24, 2.45) is 0 Å². The van der Waals surface area contributed by atoms with E-state index in [1.807, 2.05) is 0 Å². The SMILES string of the molecule is O=[N+]([O-])CCc1cccc(O)c1Br. The van der Waals surface area contributed by atoms with Gasteiger partial charge in [0, 0.05) is 11.3 Å². The first-order valence-electron chi connectivity index (χ1n) is 3.69. The minimum Gasteiger partial charge on any atom is -0.507 e. The molecule has 13 heavy (non-hydrogen) atoms. The predicted octanol–water partition coefficient (Wildman–Crippen LogP) is 1.97. The number of phenols is 1. The molecule has 0 aliphatic carbocycles. The molecule has 0 saturated heterocycles. The molecule has 0 heterocycles. The Hall–Kier alpha value is -1.10. The van der Waals surface area contributed by atoms with Crippen molar-refractivity contribution in [3.63, 3.8) is 0 Å². The van der Waals surface area contributed by atoms with Gasteiger partial charge in [0.05, 0.1) is 4.47 Å². The van der Waals surface area contributed by atoms with E-state index in [9.17, 15) is 15.2 Å². The molecule has 70 valence electrons. The molecule has 0 radical (unpaired) electrons. The van der Waals surface area contributed by atoms with Crippen molar-refractivity contribution >= 4 is 15.9 Å². The quantitative estimate of drug-likeness (QED) is 0.655. The zero-order chi connectivity index (χ0) is 9.84. The number of nitrogens with zero attached hydrogens (tertiary/aromatic N) is 1. The highest BCUT2D eigenvalue weighted by Gasteiger charge is 2.06. The molecule has 0 amide bonds. The van der Waals surface area contributed by atoms with E-state index in [4.69, 9.17) is 0 Å². The van der Waals surface area contributed by atoms with Crippen molar-refractivity contribution in [3.05, 3.63) is 38.3 Å². The van der Waals surface area contributed by atoms with Crippen molar-refractivity contribution in [1.82, 2.24) is 0 Å². The molecule has 0 unspecified atom stereocenters. The van der Waals surface area contributed by atoms with Crippen LogP contribution in [0, 0.1) is 10.1 Å². The van der Waals surface area contributed by atoms with E-state index in [0.717, 1.165) is 5.56 Å². The molecule has 4 nitrogen and oxygen atoms in total. The maximum absolute atomic E-state index is 10.1. The van der Waals surface area contributed by atoms with Crippen LogP contribution in [0.1, 0.15) is 5.56 Å². The smallest absolute Gasteiger partial charge is 0.207 e. The monoisotopic (exact) mass is 245 g/mol. The largest absolute Gasteiger partial charge is 0.507 e. The van der Waals surface area contributed by atoms with Gasteiger partial charge >= 0.3 is 0 Å². The molecule has 0 spiro atoms. The van der Waals surface area contributed by atoms with Crippen LogP contribution in [0.5, 0.6) is 5.75 Å². The Morgan fingerprint density at radius 3 is 2.85 bits per heavy atom. The molecule has 1 rings (SSSR count). The van der Waals surface area contributed by atoms with E-state index in [2.05, 4.69) is 15.9 Å². The zero-order valence-corrected chi connectivity index (χ0v) is 8.32. The Morgan fingerprint density at radius 2 is 2.23 bits per heavy atom. The van der Waals surface area contributed by atoms with E-state index >= 15 is 0 Å². The van der Waals surface area contributed by atoms with Crippen molar-refractivity contribution in [3.8, 4) is 5.75 Å². The predicted molar refractivity (Wildman–Crippen MR) is 51.4 cm³/mol. The highest BCUT2D eigenvalue weighted by Crippen LogP contribution is 2.27. The summed E-state index contributed by atoms with van der Waals surface area (Å²) in [5.41, 5.74) is 0.747. The van der Waals surface area contributed by atoms with E-state index in [1.54, 1.807) is 12.1 Å². The average Bonchev–Trinajstić information content (AvgIpc) is 2.07. The molecule has 0 atom stereocenters. The van der Waals surface area contributed by atoms with E-state index < -0.39 is 0 Å². The fraction of sp³-hybridized carbons (Fsp3) is 0.250. The number of hydrogen-bond donors (Lipinski definition) is 1. The number of aromatic hydroxyl groups is 1. The molecular weight excluding hydrogens is 238 g/mol. The maximum Gasteiger partial charge on any atom is 0.207 e. The molecule has 1 aromatic carbocycles. The van der Waals surface area contributed by atoms with Crippen LogP contribution < -0.4 is 0 Å². The molecule has 0 fully saturated rings. The number of halogens is 1. The summed E-state index contributed by atoms with van der Waals surface area (Å²) in [6.07, 6.45) is 0.321. The van der Waals surface area contributed by atoms with Crippen LogP contribution in [0.15, 0.2) is 22.7 Å². The van der Waals surface area contributed by atoms with E-state index in [0.29, 0.717) is 10.9 Å². The van der Waals surface area contributed by atoms with Gasteiger partial charge in [-0.05, 0) is 27.6 Å². The van der Waals surface area contributed by atoms with E-state index in [-0.39, 0.29) is 17.2 Å². The fourth-order valence-corrected chi connectivity index (χ4v) is 1.43. The summed E-state index contributed by atoms with van der Waals surface area (Å²) in [7, 11) is 0. The van der Waals surface area contributed by atoms with Crippen molar-refractivity contribution < 1.29 is 10.0 Å². The Morgan fingerprint density at radius 1 is 1.54 bits per heavy atom. The first-order valence-corrected chi connectivity index (χ1v) is 4.48. The maximum atomic E-state index is 10.1. The Bertz CT molecular complexity index is 327. The second-order valence-electron chi connectivity index (χ2n) is 2.56. The first kappa shape index (κ1) is 9.98. The minimum absolute atomic E-state index is 0.112. The van der Waals surface area contributed by atoms with Crippen molar-refractivity contribution in [2.45, 2.75) is 6.42 Å². The lowest BCUT2D eigenvalue weighted by atomic mass is 10.1. The number of benzene rings is 1. The average molecular weight is 246 g/mol. The lowest BCUT2D eigenvalue weighted by Crippen LogP contribution is -2.04. The van der Waals surface area contributed by atoms with Crippen LogP contribution in [-0.4, -0.2) is 16.6 Å². The highest BCUT2D eigenvalue weighted by atomic mass is 79.9. The van der Waals surface area contributed by atoms with Gasteiger partial charge in [0.2, 0.25) is 6.54 Å². The normalized spacial score (nSPS) is 9.92. The molecule has 0 bridgehead atoms. The lowest BCUT2D eigenvalue weighted by Gasteiger charge is -2.02. The number of rotatable bonds is 3. The fourth-order valence-electron chi connectivity index (χ4n) is 0.971. The highest BCUT2D eigenvalue weighted by molar-refractivity contribution is 9.10. The summed E-state index contributed by atoms with van der Waals surface area (Å²) in [4.78, 5) is 9.72. The Kier molecular flexibility index (Phi) is 3.25. The summed E-state index contributed by atoms with van der Waals surface area (Å²) in [6.45, 7) is -0.123. The van der Waals surface area contributed by atoms with Gasteiger partial charge in [-0.1, -0.05) is 12.1 Å². The van der Waals surface area contributed by atoms with Crippen LogP contribution in [-0.2, 0) is 6.42 Å². The second kappa shape index (κ2) is 4.23. The van der Waals surface area contributed by atoms with Crippen molar-refractivity contribution in [2.75, 3.05) is 6.54 Å². The van der Waals surface area contributed by atoms with Gasteiger partial charge in [-0.2, -0.15) is 0 Å². The molecule has 5 heteroatoms. The van der Waals surface area contributed by atoms with Gasteiger partial charge < -0.3 is 5.11 Å². The third kappa shape index (κ3) is 2.69. The zero-order valence-electron chi connectivity index (χ0n) is 6.74. The summed E-state index contributed by atoms with van der Waals surface area (Å²) in [5.74, 6) is 0.112. The van der Waals surface area contributed by atoms with Gasteiger partial charge in [0.25, 0.3) is 0 Å². The van der Waals surface area contributed by atoms with E-state index in [1.165, 1.54) is 6.07 Å². The third-order valence-corrected chi connectivity index (χ3v) is 2.54. The summed E-state index contributed by atoms with van der Waals surface area (Å²) in [6, 6.07) is 4.93. The second-order valence-corrected chi connectivity index (χ2v) is 3.35. The topological polar surface area (TPSA) is 63.4 Å². The molecule has 1 N–H and O–H groups in total. The van der Waals surface area contributed by atoms with Crippen LogP contribution in [0.2, 0.25) is 0 Å². The first-order chi connectivity index (χ1) is 6.11.